The minimum absolute atomic E-state index is 0.0584. The monoisotopic (exact) mass is 268 g/mol. The first-order valence-corrected chi connectivity index (χ1v) is 8.44. The molecule has 0 aromatic heterocycles. The Hall–Kier alpha value is -0.530. The number of carbonyl (C=O) groups is 1. The molecule has 2 nitrogen and oxygen atoms in total. The van der Waals surface area contributed by atoms with Crippen molar-refractivity contribution >= 4 is 5.91 Å². The first kappa shape index (κ1) is 18.5. The third-order valence-electron chi connectivity index (χ3n) is 3.74. The molecule has 0 saturated carbocycles. The number of nitrogens with zero attached hydrogens (tertiary/aromatic N) is 1. The smallest absolute Gasteiger partial charge is 0.240 e. The van der Waals surface area contributed by atoms with E-state index in [1.54, 1.807) is 7.05 Å². The molecular weight excluding hydrogens is 234 g/mol. The van der Waals surface area contributed by atoms with Crippen LogP contribution in [0.4, 0.5) is 0 Å². The highest BCUT2D eigenvalue weighted by Crippen LogP contribution is 2.12. The largest absolute Gasteiger partial charge is 0.273 e. The molecule has 0 aliphatic carbocycles. The molecule has 1 amide bonds. The van der Waals surface area contributed by atoms with Crippen LogP contribution in [0.15, 0.2) is 0 Å². The van der Waals surface area contributed by atoms with Crippen molar-refractivity contribution in [1.82, 2.24) is 5.32 Å². The van der Waals surface area contributed by atoms with E-state index in [0.29, 0.717) is 6.42 Å². The van der Waals surface area contributed by atoms with Crippen LogP contribution < -0.4 is 5.32 Å². The molecule has 1 radical (unpaired) electrons. The third-order valence-corrected chi connectivity index (χ3v) is 3.74. The summed E-state index contributed by atoms with van der Waals surface area (Å²) in [6.45, 7) is 2.27. The van der Waals surface area contributed by atoms with E-state index in [4.69, 9.17) is 0 Å². The van der Waals surface area contributed by atoms with Gasteiger partial charge in [0.15, 0.2) is 0 Å². The predicted molar refractivity (Wildman–Crippen MR) is 83.4 cm³/mol. The minimum atomic E-state index is 0.0584. The van der Waals surface area contributed by atoms with Gasteiger partial charge in [0.2, 0.25) is 5.91 Å². The summed E-state index contributed by atoms with van der Waals surface area (Å²) in [4.78, 5) is 10.9. The molecule has 2 heteroatoms. The van der Waals surface area contributed by atoms with Crippen LogP contribution in [0.5, 0.6) is 0 Å². The summed E-state index contributed by atoms with van der Waals surface area (Å²) in [5.41, 5.74) is 0. The van der Waals surface area contributed by atoms with E-state index in [1.165, 1.54) is 77.0 Å². The van der Waals surface area contributed by atoms with E-state index in [0.717, 1.165) is 6.42 Å². The number of hydrogen-bond donors (Lipinski definition) is 0. The van der Waals surface area contributed by atoms with Gasteiger partial charge in [-0.1, -0.05) is 84.0 Å². The van der Waals surface area contributed by atoms with Gasteiger partial charge in [-0.3, -0.25) is 10.1 Å². The minimum Gasteiger partial charge on any atom is -0.273 e. The van der Waals surface area contributed by atoms with Crippen LogP contribution in [-0.2, 0) is 4.79 Å². The molecule has 0 bridgehead atoms. The highest BCUT2D eigenvalue weighted by Gasteiger charge is 1.98. The highest BCUT2D eigenvalue weighted by molar-refractivity contribution is 5.75. The molecule has 0 rings (SSSR count). The van der Waals surface area contributed by atoms with Gasteiger partial charge in [0, 0.05) is 13.5 Å². The number of amides is 1. The molecule has 0 saturated heterocycles. The van der Waals surface area contributed by atoms with Crippen LogP contribution >= 0.6 is 0 Å². The number of hydrogen-bond acceptors (Lipinski definition) is 1. The van der Waals surface area contributed by atoms with E-state index in [1.807, 2.05) is 0 Å². The Morgan fingerprint density at radius 3 is 1.42 bits per heavy atom. The average Bonchev–Trinajstić information content (AvgIpc) is 2.43. The summed E-state index contributed by atoms with van der Waals surface area (Å²) in [6, 6.07) is 0. The summed E-state index contributed by atoms with van der Waals surface area (Å²) in [7, 11) is 1.59. The second-order valence-electron chi connectivity index (χ2n) is 5.61. The number of unbranched alkanes of at least 4 members (excludes halogenated alkanes) is 12. The maximum absolute atomic E-state index is 10.9. The second-order valence-corrected chi connectivity index (χ2v) is 5.61. The van der Waals surface area contributed by atoms with Gasteiger partial charge in [0.05, 0.1) is 0 Å². The van der Waals surface area contributed by atoms with E-state index >= 15 is 0 Å². The van der Waals surface area contributed by atoms with Crippen molar-refractivity contribution in [3.05, 3.63) is 0 Å². The Balaban J connectivity index is 2.97. The molecular formula is C17H34NO. The normalized spacial score (nSPS) is 10.6. The lowest BCUT2D eigenvalue weighted by molar-refractivity contribution is -0.121. The van der Waals surface area contributed by atoms with Gasteiger partial charge >= 0.3 is 0 Å². The molecule has 0 aromatic rings. The van der Waals surface area contributed by atoms with Crippen molar-refractivity contribution in [2.45, 2.75) is 96.8 Å². The molecule has 0 aliphatic rings. The number of carbonyl (C=O) groups excluding carboxylic acids is 1. The van der Waals surface area contributed by atoms with Crippen molar-refractivity contribution in [3.8, 4) is 0 Å². The molecule has 0 aliphatic heterocycles. The Bertz CT molecular complexity index is 192. The molecule has 113 valence electrons. The van der Waals surface area contributed by atoms with E-state index < -0.39 is 0 Å². The van der Waals surface area contributed by atoms with Gasteiger partial charge in [0.1, 0.15) is 0 Å². The first-order chi connectivity index (χ1) is 9.31. The summed E-state index contributed by atoms with van der Waals surface area (Å²) in [5.74, 6) is 0.0584. The van der Waals surface area contributed by atoms with Gasteiger partial charge in [-0.2, -0.15) is 0 Å². The van der Waals surface area contributed by atoms with Crippen molar-refractivity contribution in [3.63, 3.8) is 0 Å². The Kier molecular flexibility index (Phi) is 15.1. The van der Waals surface area contributed by atoms with Crippen molar-refractivity contribution < 1.29 is 4.79 Å². The zero-order valence-electron chi connectivity index (χ0n) is 13.3. The van der Waals surface area contributed by atoms with Gasteiger partial charge in [-0.25, -0.2) is 0 Å². The van der Waals surface area contributed by atoms with Crippen LogP contribution in [0, 0.1) is 0 Å². The van der Waals surface area contributed by atoms with Crippen LogP contribution in [0.1, 0.15) is 96.8 Å². The Morgan fingerprint density at radius 2 is 1.05 bits per heavy atom. The quantitative estimate of drug-likeness (QED) is 0.397. The average molecular weight is 268 g/mol. The fraction of sp³-hybridized carbons (Fsp3) is 0.941. The zero-order chi connectivity index (χ0) is 14.2. The maximum Gasteiger partial charge on any atom is 0.240 e. The zero-order valence-corrected chi connectivity index (χ0v) is 13.3. The van der Waals surface area contributed by atoms with E-state index in [-0.39, 0.29) is 5.91 Å². The van der Waals surface area contributed by atoms with Crippen molar-refractivity contribution in [2.75, 3.05) is 7.05 Å². The summed E-state index contributed by atoms with van der Waals surface area (Å²) < 4.78 is 0. The fourth-order valence-electron chi connectivity index (χ4n) is 2.41. The van der Waals surface area contributed by atoms with Crippen LogP contribution in [0.3, 0.4) is 0 Å². The van der Waals surface area contributed by atoms with Crippen molar-refractivity contribution in [2.24, 2.45) is 0 Å². The third kappa shape index (κ3) is 15.4. The predicted octanol–water partition coefficient (Wildman–Crippen LogP) is 5.23. The van der Waals surface area contributed by atoms with Gasteiger partial charge in [-0.15, -0.1) is 0 Å². The summed E-state index contributed by atoms with van der Waals surface area (Å²) in [5, 5.41) is 3.64. The molecule has 0 heterocycles. The van der Waals surface area contributed by atoms with Gasteiger partial charge in [-0.05, 0) is 6.42 Å². The van der Waals surface area contributed by atoms with Crippen molar-refractivity contribution in [1.29, 1.82) is 0 Å². The van der Waals surface area contributed by atoms with Crippen LogP contribution in [0.25, 0.3) is 0 Å². The van der Waals surface area contributed by atoms with Gasteiger partial charge in [0.25, 0.3) is 0 Å². The topological polar surface area (TPSA) is 31.2 Å². The first-order valence-electron chi connectivity index (χ1n) is 8.44. The standard InChI is InChI=1S/C17H34NO/c1-3-4-5-6-7-8-9-10-11-12-13-14-15-16-17(19)18-2/h3-16H2,1-2H3. The molecule has 0 fully saturated rings. The summed E-state index contributed by atoms with van der Waals surface area (Å²) in [6.07, 6.45) is 18.2. The number of rotatable bonds is 14. The maximum atomic E-state index is 10.9. The Labute approximate surface area is 120 Å². The lowest BCUT2D eigenvalue weighted by Gasteiger charge is -2.02. The SMILES string of the molecule is CCCCCCCCCCCCCCCC(=O)[N]C. The summed E-state index contributed by atoms with van der Waals surface area (Å²) >= 11 is 0. The van der Waals surface area contributed by atoms with Crippen LogP contribution in [-0.4, -0.2) is 13.0 Å². The Morgan fingerprint density at radius 1 is 0.684 bits per heavy atom. The fourth-order valence-corrected chi connectivity index (χ4v) is 2.41. The van der Waals surface area contributed by atoms with E-state index in [9.17, 15) is 4.79 Å². The lowest BCUT2D eigenvalue weighted by Crippen LogP contribution is -2.09. The van der Waals surface area contributed by atoms with Gasteiger partial charge < -0.3 is 0 Å². The van der Waals surface area contributed by atoms with Crippen LogP contribution in [0.2, 0.25) is 0 Å². The molecule has 0 aromatic carbocycles. The highest BCUT2D eigenvalue weighted by atomic mass is 16.1. The molecule has 0 unspecified atom stereocenters. The molecule has 0 atom stereocenters. The lowest BCUT2D eigenvalue weighted by atomic mass is 10.0. The molecule has 19 heavy (non-hydrogen) atoms. The van der Waals surface area contributed by atoms with E-state index in [2.05, 4.69) is 12.2 Å². The molecule has 0 N–H and O–H groups in total. The molecule has 0 spiro atoms. The second kappa shape index (κ2) is 15.5.